The number of alkyl carbamates (subject to hydrolysis) is 1. The Balaban J connectivity index is 2.40. The van der Waals surface area contributed by atoms with Gasteiger partial charge in [0.1, 0.15) is 10.5 Å². The Morgan fingerprint density at radius 1 is 1.24 bits per heavy atom. The van der Waals surface area contributed by atoms with Crippen molar-refractivity contribution in [2.45, 2.75) is 44.1 Å². The van der Waals surface area contributed by atoms with Crippen molar-refractivity contribution in [3.05, 3.63) is 29.5 Å². The third-order valence-corrected chi connectivity index (χ3v) is 4.49. The summed E-state index contributed by atoms with van der Waals surface area (Å²) in [5.41, 5.74) is -0.848. The first-order chi connectivity index (χ1) is 11.5. The van der Waals surface area contributed by atoms with E-state index in [1.54, 1.807) is 20.8 Å². The molecule has 1 atom stereocenters. The van der Waals surface area contributed by atoms with E-state index in [0.29, 0.717) is 19.4 Å². The molecule has 0 aliphatic rings. The molecular formula is C15H25N3O6S. The summed E-state index contributed by atoms with van der Waals surface area (Å²) in [4.78, 5) is 11.2. The quantitative estimate of drug-likeness (QED) is 0.390. The third-order valence-electron chi connectivity index (χ3n) is 2.97. The minimum atomic E-state index is -3.91. The molecule has 0 saturated carbocycles. The first-order valence-corrected chi connectivity index (χ1v) is 9.30. The molecule has 1 aromatic carbocycles. The van der Waals surface area contributed by atoms with Crippen molar-refractivity contribution in [3.8, 4) is 0 Å². The maximum absolute atomic E-state index is 12.2. The lowest BCUT2D eigenvalue weighted by Crippen LogP contribution is -2.99. The molecule has 0 radical (unpaired) electrons. The van der Waals surface area contributed by atoms with Crippen molar-refractivity contribution in [2.75, 3.05) is 13.1 Å². The van der Waals surface area contributed by atoms with E-state index in [-0.39, 0.29) is 17.1 Å². The Morgan fingerprint density at radius 3 is 2.44 bits per heavy atom. The Bertz CT molecular complexity index is 670. The molecule has 0 spiro atoms. The molecule has 0 bridgehead atoms. The number of carbonyl (C=O) groups excluding carboxylic acids is 1. The van der Waals surface area contributed by atoms with Crippen molar-refractivity contribution in [1.82, 2.24) is 10.0 Å². The monoisotopic (exact) mass is 375 g/mol. The van der Waals surface area contributed by atoms with Crippen LogP contribution in [0.3, 0.4) is 0 Å². The minimum absolute atomic E-state index is 0.131. The van der Waals surface area contributed by atoms with Crippen LogP contribution in [0.2, 0.25) is 0 Å². The topological polar surface area (TPSA) is 132 Å². The van der Waals surface area contributed by atoms with Gasteiger partial charge < -0.3 is 15.3 Å². The molecule has 0 fully saturated rings. The van der Waals surface area contributed by atoms with Crippen LogP contribution in [0.25, 0.3) is 0 Å². The van der Waals surface area contributed by atoms with Gasteiger partial charge in [-0.2, -0.15) is 5.23 Å². The molecule has 0 aliphatic carbocycles. The van der Waals surface area contributed by atoms with Crippen LogP contribution in [0, 0.1) is 5.21 Å². The predicted molar refractivity (Wildman–Crippen MR) is 90.9 cm³/mol. The fourth-order valence-corrected chi connectivity index (χ4v) is 3.19. The van der Waals surface area contributed by atoms with Crippen LogP contribution in [-0.4, -0.2) is 38.4 Å². The normalized spacial score (nSPS) is 13.3. The van der Waals surface area contributed by atoms with Crippen molar-refractivity contribution >= 4 is 21.8 Å². The minimum Gasteiger partial charge on any atom is -0.595 e. The maximum Gasteiger partial charge on any atom is 0.407 e. The molecule has 1 aromatic rings. The summed E-state index contributed by atoms with van der Waals surface area (Å²) in [6, 6.07) is 5.41. The highest BCUT2D eigenvalue weighted by molar-refractivity contribution is 7.89. The number of nitrogens with one attached hydrogen (secondary N) is 3. The van der Waals surface area contributed by atoms with Gasteiger partial charge in [-0.3, -0.25) is 0 Å². The van der Waals surface area contributed by atoms with Crippen molar-refractivity contribution in [2.24, 2.45) is 0 Å². The summed E-state index contributed by atoms with van der Waals surface area (Å²) in [5.74, 6) is 0. The largest absolute Gasteiger partial charge is 0.595 e. The van der Waals surface area contributed by atoms with Gasteiger partial charge in [0.15, 0.2) is 5.69 Å². The molecule has 4 N–H and O–H groups in total. The molecule has 142 valence electrons. The fraction of sp³-hybridized carbons (Fsp3) is 0.533. The van der Waals surface area contributed by atoms with Crippen LogP contribution >= 0.6 is 0 Å². The molecule has 1 unspecified atom stereocenters. The number of hydrogen-bond acceptors (Lipinski definition) is 6. The highest BCUT2D eigenvalue weighted by Gasteiger charge is 2.21. The summed E-state index contributed by atoms with van der Waals surface area (Å²) in [7, 11) is -3.91. The van der Waals surface area contributed by atoms with Gasteiger partial charge in [0.25, 0.3) is 0 Å². The lowest BCUT2D eigenvalue weighted by atomic mass is 10.2. The number of para-hydroxylation sites is 1. The zero-order valence-corrected chi connectivity index (χ0v) is 15.4. The first kappa shape index (κ1) is 21.3. The van der Waals surface area contributed by atoms with Crippen LogP contribution in [0.15, 0.2) is 29.2 Å². The maximum atomic E-state index is 12.2. The van der Waals surface area contributed by atoms with Crippen molar-refractivity contribution < 1.29 is 28.4 Å². The molecule has 1 amide bonds. The van der Waals surface area contributed by atoms with Crippen molar-refractivity contribution in [1.29, 1.82) is 0 Å². The van der Waals surface area contributed by atoms with Gasteiger partial charge in [-0.25, -0.2) is 23.1 Å². The van der Waals surface area contributed by atoms with Crippen LogP contribution in [-0.2, 0) is 14.8 Å². The Labute approximate surface area is 147 Å². The lowest BCUT2D eigenvalue weighted by molar-refractivity contribution is -0.992. The number of benzene rings is 1. The van der Waals surface area contributed by atoms with Gasteiger partial charge >= 0.3 is 6.09 Å². The number of sulfonamides is 1. The van der Waals surface area contributed by atoms with E-state index in [1.807, 2.05) is 0 Å². The van der Waals surface area contributed by atoms with E-state index in [2.05, 4.69) is 10.0 Å². The molecule has 0 saturated heterocycles. The number of hydrogen-bond donors (Lipinski definition) is 4. The third kappa shape index (κ3) is 7.80. The summed E-state index contributed by atoms with van der Waals surface area (Å²) < 4.78 is 31.8. The number of amides is 1. The average Bonchev–Trinajstić information content (AvgIpc) is 2.49. The highest BCUT2D eigenvalue weighted by atomic mass is 32.2. The number of quaternary nitrogens is 1. The van der Waals surface area contributed by atoms with E-state index in [4.69, 9.17) is 9.94 Å². The standard InChI is InChI=1S/C15H25N3O6S/c1-15(2,3)24-14(19)16-10-6-7-11-17-25(22,23)13-9-5-4-8-12(13)18(20)21/h4-5,8-9,17-18,20H,6-7,10-11H2,1-3H3,(H,16,19). The zero-order valence-electron chi connectivity index (χ0n) is 14.5. The Hall–Kier alpha value is -1.72. The molecule has 0 heterocycles. The predicted octanol–water partition coefficient (Wildman–Crippen LogP) is 0.673. The summed E-state index contributed by atoms with van der Waals surface area (Å²) in [6.07, 6.45) is 0.496. The van der Waals surface area contributed by atoms with Gasteiger partial charge in [0.05, 0.1) is 0 Å². The number of ether oxygens (including phenoxy) is 1. The zero-order chi connectivity index (χ0) is 19.1. The second kappa shape index (κ2) is 9.11. The molecular weight excluding hydrogens is 350 g/mol. The van der Waals surface area contributed by atoms with E-state index in [0.717, 1.165) is 0 Å². The first-order valence-electron chi connectivity index (χ1n) is 7.82. The van der Waals surface area contributed by atoms with E-state index in [9.17, 15) is 18.4 Å². The molecule has 0 aromatic heterocycles. The van der Waals surface area contributed by atoms with Crippen LogP contribution in [0.4, 0.5) is 10.5 Å². The average molecular weight is 375 g/mol. The number of rotatable bonds is 8. The molecule has 1 rings (SSSR count). The lowest BCUT2D eigenvalue weighted by Gasteiger charge is -2.19. The molecule has 10 heteroatoms. The van der Waals surface area contributed by atoms with Gasteiger partial charge in [0.2, 0.25) is 10.0 Å². The van der Waals surface area contributed by atoms with E-state index < -0.39 is 26.9 Å². The molecule has 0 aliphatic heterocycles. The smallest absolute Gasteiger partial charge is 0.407 e. The second-order valence-corrected chi connectivity index (χ2v) is 8.07. The second-order valence-electron chi connectivity index (χ2n) is 6.33. The summed E-state index contributed by atoms with van der Waals surface area (Å²) in [5, 5.41) is 21.4. The van der Waals surface area contributed by atoms with Crippen LogP contribution < -0.4 is 15.3 Å². The summed E-state index contributed by atoms with van der Waals surface area (Å²) >= 11 is 0. The van der Waals surface area contributed by atoms with Gasteiger partial charge in [-0.1, -0.05) is 12.1 Å². The number of unbranched alkanes of at least 4 members (excludes halogenated alkanes) is 1. The number of carbonyl (C=O) groups is 1. The van der Waals surface area contributed by atoms with Gasteiger partial charge in [0, 0.05) is 19.2 Å². The molecule has 9 nitrogen and oxygen atoms in total. The highest BCUT2D eigenvalue weighted by Crippen LogP contribution is 2.16. The Kier molecular flexibility index (Phi) is 7.77. The van der Waals surface area contributed by atoms with E-state index in [1.165, 1.54) is 24.3 Å². The summed E-state index contributed by atoms with van der Waals surface area (Å²) in [6.45, 7) is 5.76. The SMILES string of the molecule is CC(C)(C)OC(=O)NCCCCNS(=O)(=O)c1ccccc1[NH+]([O-])O. The van der Waals surface area contributed by atoms with Crippen molar-refractivity contribution in [3.63, 3.8) is 0 Å². The van der Waals surface area contributed by atoms with Crippen LogP contribution in [0.5, 0.6) is 0 Å². The van der Waals surface area contributed by atoms with Crippen LogP contribution in [0.1, 0.15) is 33.6 Å². The van der Waals surface area contributed by atoms with E-state index >= 15 is 0 Å². The molecule has 25 heavy (non-hydrogen) atoms. The van der Waals surface area contributed by atoms with Gasteiger partial charge in [-0.15, -0.1) is 0 Å². The Morgan fingerprint density at radius 2 is 1.84 bits per heavy atom. The fourth-order valence-electron chi connectivity index (χ4n) is 1.92. The van der Waals surface area contributed by atoms with Gasteiger partial charge in [-0.05, 0) is 39.7 Å².